The zero-order valence-electron chi connectivity index (χ0n) is 14.1. The molecule has 0 aromatic carbocycles. The molecule has 0 unspecified atom stereocenters. The fourth-order valence-electron chi connectivity index (χ4n) is 2.71. The summed E-state index contributed by atoms with van der Waals surface area (Å²) in [5, 5.41) is 0.574. The summed E-state index contributed by atoms with van der Waals surface area (Å²) in [6.45, 7) is 10.6. The monoisotopic (exact) mass is 310 g/mol. The van der Waals surface area contributed by atoms with E-state index in [1.807, 2.05) is 6.92 Å². The Morgan fingerprint density at radius 3 is 2.29 bits per heavy atom. The van der Waals surface area contributed by atoms with E-state index in [0.717, 1.165) is 30.3 Å². The van der Waals surface area contributed by atoms with Crippen LogP contribution in [0.25, 0.3) is 0 Å². The van der Waals surface area contributed by atoms with Gasteiger partial charge in [-0.2, -0.15) is 0 Å². The van der Waals surface area contributed by atoms with Crippen LogP contribution in [0.3, 0.4) is 0 Å². The molecular weight excluding hydrogens is 284 g/mol. The first-order chi connectivity index (χ1) is 9.70. The molecular formula is C16H27ClN4. The zero-order valence-corrected chi connectivity index (χ0v) is 14.8. The summed E-state index contributed by atoms with van der Waals surface area (Å²) in [5.41, 5.74) is 0.880. The lowest BCUT2D eigenvalue weighted by molar-refractivity contribution is 0.252. The van der Waals surface area contributed by atoms with E-state index in [0.29, 0.717) is 11.2 Å². The average Bonchev–Trinajstić information content (AvgIpc) is 2.40. The van der Waals surface area contributed by atoms with E-state index in [2.05, 4.69) is 49.7 Å². The molecule has 2 rings (SSSR count). The predicted molar refractivity (Wildman–Crippen MR) is 89.4 cm³/mol. The Morgan fingerprint density at radius 1 is 1.19 bits per heavy atom. The van der Waals surface area contributed by atoms with Crippen molar-refractivity contribution in [1.82, 2.24) is 14.9 Å². The van der Waals surface area contributed by atoms with Gasteiger partial charge in [-0.15, -0.1) is 0 Å². The van der Waals surface area contributed by atoms with Crippen molar-refractivity contribution in [3.63, 3.8) is 0 Å². The molecule has 1 aliphatic heterocycles. The lowest BCUT2D eigenvalue weighted by Crippen LogP contribution is -2.42. The number of aromatic nitrogens is 2. The van der Waals surface area contributed by atoms with E-state index < -0.39 is 0 Å². The molecule has 118 valence electrons. The van der Waals surface area contributed by atoms with Crippen molar-refractivity contribution in [2.24, 2.45) is 0 Å². The van der Waals surface area contributed by atoms with Gasteiger partial charge in [0.05, 0.1) is 0 Å². The molecule has 0 N–H and O–H groups in total. The first-order valence-corrected chi connectivity index (χ1v) is 8.04. The number of piperidine rings is 1. The summed E-state index contributed by atoms with van der Waals surface area (Å²) >= 11 is 6.35. The standard InChI is InChI=1S/C16H27ClN4/c1-11-13(17)18-15(16(2,3)4)19-14(11)21(6)12-7-9-20(5)10-8-12/h12H,7-10H2,1-6H3. The lowest BCUT2D eigenvalue weighted by atomic mass is 9.95. The van der Waals surface area contributed by atoms with Crippen molar-refractivity contribution in [2.75, 3.05) is 32.1 Å². The maximum Gasteiger partial charge on any atom is 0.137 e. The highest BCUT2D eigenvalue weighted by Gasteiger charge is 2.26. The lowest BCUT2D eigenvalue weighted by Gasteiger charge is -2.36. The maximum absolute atomic E-state index is 6.35. The molecule has 4 nitrogen and oxygen atoms in total. The highest BCUT2D eigenvalue weighted by Crippen LogP contribution is 2.30. The molecule has 1 fully saturated rings. The number of halogens is 1. The minimum Gasteiger partial charge on any atom is -0.356 e. The van der Waals surface area contributed by atoms with Crippen LogP contribution >= 0.6 is 11.6 Å². The van der Waals surface area contributed by atoms with Crippen LogP contribution in [0.2, 0.25) is 5.15 Å². The number of hydrogen-bond acceptors (Lipinski definition) is 4. The molecule has 0 radical (unpaired) electrons. The normalized spacial score (nSPS) is 18.0. The van der Waals surface area contributed by atoms with Gasteiger partial charge in [-0.1, -0.05) is 32.4 Å². The molecule has 0 spiro atoms. The molecule has 1 saturated heterocycles. The van der Waals surface area contributed by atoms with E-state index in [1.54, 1.807) is 0 Å². The van der Waals surface area contributed by atoms with E-state index in [-0.39, 0.29) is 5.41 Å². The molecule has 1 aliphatic rings. The molecule has 1 aromatic heterocycles. The molecule has 2 heterocycles. The number of nitrogens with zero attached hydrogens (tertiary/aromatic N) is 4. The number of anilines is 1. The van der Waals surface area contributed by atoms with E-state index >= 15 is 0 Å². The molecule has 0 amide bonds. The highest BCUT2D eigenvalue weighted by atomic mass is 35.5. The second kappa shape index (κ2) is 6.09. The van der Waals surface area contributed by atoms with Crippen molar-refractivity contribution in [1.29, 1.82) is 0 Å². The van der Waals surface area contributed by atoms with Crippen LogP contribution in [-0.4, -0.2) is 48.1 Å². The van der Waals surface area contributed by atoms with Gasteiger partial charge < -0.3 is 9.80 Å². The number of hydrogen-bond donors (Lipinski definition) is 0. The Morgan fingerprint density at radius 2 is 1.76 bits per heavy atom. The molecule has 0 bridgehead atoms. The van der Waals surface area contributed by atoms with Gasteiger partial charge in [0.15, 0.2) is 0 Å². The SMILES string of the molecule is Cc1c(Cl)nc(C(C)(C)C)nc1N(C)C1CCN(C)CC1. The van der Waals surface area contributed by atoms with Gasteiger partial charge in [0.25, 0.3) is 0 Å². The number of likely N-dealkylation sites (tertiary alicyclic amines) is 1. The number of rotatable bonds is 2. The average molecular weight is 311 g/mol. The molecule has 21 heavy (non-hydrogen) atoms. The molecule has 5 heteroatoms. The van der Waals surface area contributed by atoms with Gasteiger partial charge in [0.1, 0.15) is 16.8 Å². The third kappa shape index (κ3) is 3.67. The van der Waals surface area contributed by atoms with Gasteiger partial charge in [0, 0.05) is 24.1 Å². The Balaban J connectivity index is 2.31. The summed E-state index contributed by atoms with van der Waals surface area (Å²) in [6, 6.07) is 0.527. The molecule has 0 saturated carbocycles. The summed E-state index contributed by atoms with van der Waals surface area (Å²) < 4.78 is 0. The summed E-state index contributed by atoms with van der Waals surface area (Å²) in [6.07, 6.45) is 2.33. The maximum atomic E-state index is 6.35. The highest BCUT2D eigenvalue weighted by molar-refractivity contribution is 6.30. The fraction of sp³-hybridized carbons (Fsp3) is 0.750. The van der Waals surface area contributed by atoms with Crippen molar-refractivity contribution >= 4 is 17.4 Å². The topological polar surface area (TPSA) is 32.3 Å². The summed E-state index contributed by atoms with van der Waals surface area (Å²) in [5.74, 6) is 1.79. The third-order valence-corrected chi connectivity index (χ3v) is 4.67. The van der Waals surface area contributed by atoms with Crippen molar-refractivity contribution < 1.29 is 0 Å². The molecule has 1 aromatic rings. The van der Waals surface area contributed by atoms with Gasteiger partial charge in [0.2, 0.25) is 0 Å². The zero-order chi connectivity index (χ0) is 15.8. The third-order valence-electron chi connectivity index (χ3n) is 4.30. The van der Waals surface area contributed by atoms with Gasteiger partial charge >= 0.3 is 0 Å². The van der Waals surface area contributed by atoms with Crippen LogP contribution in [0.5, 0.6) is 0 Å². The Kier molecular flexibility index (Phi) is 4.79. The van der Waals surface area contributed by atoms with Crippen LogP contribution in [-0.2, 0) is 5.41 Å². The Hall–Kier alpha value is -0.870. The Bertz CT molecular complexity index is 502. The van der Waals surface area contributed by atoms with Crippen LogP contribution in [0, 0.1) is 6.92 Å². The van der Waals surface area contributed by atoms with E-state index in [1.165, 1.54) is 12.8 Å². The predicted octanol–water partition coefficient (Wildman–Crippen LogP) is 3.27. The largest absolute Gasteiger partial charge is 0.356 e. The quantitative estimate of drug-likeness (QED) is 0.785. The van der Waals surface area contributed by atoms with Gasteiger partial charge in [-0.05, 0) is 39.9 Å². The summed E-state index contributed by atoms with van der Waals surface area (Å²) in [4.78, 5) is 14.0. The first kappa shape index (κ1) is 16.5. The van der Waals surface area contributed by atoms with Crippen LogP contribution in [0.4, 0.5) is 5.82 Å². The van der Waals surface area contributed by atoms with Crippen LogP contribution in [0.1, 0.15) is 45.0 Å². The van der Waals surface area contributed by atoms with Crippen molar-refractivity contribution in [2.45, 2.75) is 52.0 Å². The Labute approximate surface area is 133 Å². The van der Waals surface area contributed by atoms with Crippen LogP contribution < -0.4 is 4.90 Å². The van der Waals surface area contributed by atoms with Crippen molar-refractivity contribution in [3.05, 3.63) is 16.5 Å². The van der Waals surface area contributed by atoms with E-state index in [4.69, 9.17) is 16.6 Å². The van der Waals surface area contributed by atoms with Crippen LogP contribution in [0.15, 0.2) is 0 Å². The van der Waals surface area contributed by atoms with E-state index in [9.17, 15) is 0 Å². The smallest absolute Gasteiger partial charge is 0.137 e. The minimum absolute atomic E-state index is 0.0975. The first-order valence-electron chi connectivity index (χ1n) is 7.66. The van der Waals surface area contributed by atoms with Gasteiger partial charge in [-0.3, -0.25) is 0 Å². The van der Waals surface area contributed by atoms with Crippen molar-refractivity contribution in [3.8, 4) is 0 Å². The minimum atomic E-state index is -0.0975. The second-order valence-corrected chi connectivity index (χ2v) is 7.54. The van der Waals surface area contributed by atoms with Gasteiger partial charge in [-0.25, -0.2) is 9.97 Å². The second-order valence-electron chi connectivity index (χ2n) is 7.18. The fourth-order valence-corrected chi connectivity index (χ4v) is 2.88. The molecule has 0 atom stereocenters. The summed E-state index contributed by atoms with van der Waals surface area (Å²) in [7, 11) is 4.31. The molecule has 0 aliphatic carbocycles.